The molecule has 0 aromatic heterocycles. The van der Waals surface area contributed by atoms with Crippen molar-refractivity contribution in [3.05, 3.63) is 95.1 Å². The fourth-order valence-corrected chi connectivity index (χ4v) is 3.83. The van der Waals surface area contributed by atoms with E-state index in [2.05, 4.69) is 17.0 Å². The first-order valence-corrected chi connectivity index (χ1v) is 9.58. The molecule has 3 aromatic carbocycles. The molecule has 0 aliphatic carbocycles. The second-order valence-electron chi connectivity index (χ2n) is 7.37. The van der Waals surface area contributed by atoms with Gasteiger partial charge in [0.15, 0.2) is 0 Å². The maximum Gasteiger partial charge on any atom is 0.416 e. The summed E-state index contributed by atoms with van der Waals surface area (Å²) >= 11 is 0. The summed E-state index contributed by atoms with van der Waals surface area (Å²) in [4.78, 5) is 2.13. The number of alkyl halides is 3. The van der Waals surface area contributed by atoms with E-state index >= 15 is 0 Å². The van der Waals surface area contributed by atoms with Crippen molar-refractivity contribution in [3.63, 3.8) is 0 Å². The van der Waals surface area contributed by atoms with Crippen molar-refractivity contribution in [2.75, 3.05) is 13.7 Å². The molecule has 0 saturated heterocycles. The second kappa shape index (κ2) is 8.01. The summed E-state index contributed by atoms with van der Waals surface area (Å²) in [6, 6.07) is 21.4. The van der Waals surface area contributed by atoms with E-state index in [1.807, 2.05) is 43.4 Å². The fourth-order valence-electron chi connectivity index (χ4n) is 3.83. The highest BCUT2D eigenvalue weighted by molar-refractivity contribution is 5.65. The van der Waals surface area contributed by atoms with Gasteiger partial charge in [-0.3, -0.25) is 4.90 Å². The van der Waals surface area contributed by atoms with Crippen molar-refractivity contribution in [3.8, 4) is 11.1 Å². The van der Waals surface area contributed by atoms with Crippen LogP contribution in [0.3, 0.4) is 0 Å². The van der Waals surface area contributed by atoms with Crippen LogP contribution >= 0.6 is 0 Å². The lowest BCUT2D eigenvalue weighted by Gasteiger charge is -2.33. The van der Waals surface area contributed by atoms with Gasteiger partial charge in [0.25, 0.3) is 0 Å². The quantitative estimate of drug-likeness (QED) is 0.529. The molecule has 0 fully saturated rings. The van der Waals surface area contributed by atoms with E-state index in [1.165, 1.54) is 23.3 Å². The van der Waals surface area contributed by atoms with Crippen LogP contribution in [-0.4, -0.2) is 18.6 Å². The Bertz CT molecular complexity index is 999. The summed E-state index contributed by atoms with van der Waals surface area (Å²) < 4.78 is 45.1. The van der Waals surface area contributed by atoms with E-state index in [4.69, 9.17) is 4.74 Å². The molecule has 1 aliphatic heterocycles. The molecule has 1 atom stereocenters. The third-order valence-corrected chi connectivity index (χ3v) is 5.25. The largest absolute Gasteiger partial charge is 0.416 e. The molecular weight excluding hydrogens is 375 g/mol. The summed E-state index contributed by atoms with van der Waals surface area (Å²) in [6.45, 7) is 1.31. The minimum absolute atomic E-state index is 0.128. The molecule has 29 heavy (non-hydrogen) atoms. The number of rotatable bonds is 4. The van der Waals surface area contributed by atoms with E-state index in [0.717, 1.165) is 23.6 Å². The topological polar surface area (TPSA) is 12.5 Å². The summed E-state index contributed by atoms with van der Waals surface area (Å²) in [7, 11) is 2.00. The molecule has 0 radical (unpaired) electrons. The molecule has 0 amide bonds. The molecule has 0 bridgehead atoms. The van der Waals surface area contributed by atoms with E-state index in [0.29, 0.717) is 18.7 Å². The molecule has 1 heterocycles. The van der Waals surface area contributed by atoms with Gasteiger partial charge < -0.3 is 4.74 Å². The van der Waals surface area contributed by atoms with E-state index < -0.39 is 11.7 Å². The molecule has 0 N–H and O–H groups in total. The minimum Gasteiger partial charge on any atom is -0.358 e. The number of hydrogen-bond donors (Lipinski definition) is 0. The number of fused-ring (bicyclic) bond motifs is 1. The van der Waals surface area contributed by atoms with Gasteiger partial charge in [-0.1, -0.05) is 54.6 Å². The maximum absolute atomic E-state index is 13.0. The zero-order chi connectivity index (χ0) is 20.4. The second-order valence-corrected chi connectivity index (χ2v) is 7.37. The lowest BCUT2D eigenvalue weighted by Crippen LogP contribution is -2.30. The van der Waals surface area contributed by atoms with Crippen LogP contribution < -0.4 is 0 Å². The van der Waals surface area contributed by atoms with Crippen LogP contribution in [0.25, 0.3) is 11.1 Å². The minimum atomic E-state index is -4.35. The first-order valence-electron chi connectivity index (χ1n) is 9.58. The Labute approximate surface area is 168 Å². The lowest BCUT2D eigenvalue weighted by atomic mass is 9.99. The van der Waals surface area contributed by atoms with E-state index in [1.54, 1.807) is 6.07 Å². The van der Waals surface area contributed by atoms with Crippen molar-refractivity contribution >= 4 is 0 Å². The molecular formula is C24H22F3NO. The maximum atomic E-state index is 13.0. The van der Waals surface area contributed by atoms with Crippen molar-refractivity contribution in [1.29, 1.82) is 0 Å². The average Bonchev–Trinajstić information content (AvgIpc) is 2.73. The Hall–Kier alpha value is -2.63. The number of hydrogen-bond acceptors (Lipinski definition) is 2. The number of halogens is 3. The smallest absolute Gasteiger partial charge is 0.358 e. The number of benzene rings is 3. The lowest BCUT2D eigenvalue weighted by molar-refractivity contribution is -0.137. The Morgan fingerprint density at radius 1 is 0.931 bits per heavy atom. The molecule has 4 rings (SSSR count). The Morgan fingerprint density at radius 3 is 2.45 bits per heavy atom. The summed E-state index contributed by atoms with van der Waals surface area (Å²) in [5.74, 6) is 0. The van der Waals surface area contributed by atoms with Gasteiger partial charge in [0.1, 0.15) is 6.23 Å². The predicted octanol–water partition coefficient (Wildman–Crippen LogP) is 6.08. The predicted molar refractivity (Wildman–Crippen MR) is 107 cm³/mol. The van der Waals surface area contributed by atoms with Crippen LogP contribution in [0.1, 0.15) is 28.5 Å². The number of ether oxygens (including phenoxy) is 1. The van der Waals surface area contributed by atoms with Crippen molar-refractivity contribution in [1.82, 2.24) is 4.90 Å². The summed E-state index contributed by atoms with van der Waals surface area (Å²) in [5, 5.41) is 0. The Morgan fingerprint density at radius 2 is 1.66 bits per heavy atom. The first kappa shape index (κ1) is 19.7. The van der Waals surface area contributed by atoms with Crippen LogP contribution in [0.15, 0.2) is 72.8 Å². The number of nitrogens with zero attached hydrogens (tertiary/aromatic N) is 1. The zero-order valence-electron chi connectivity index (χ0n) is 16.1. The van der Waals surface area contributed by atoms with Crippen molar-refractivity contribution in [2.24, 2.45) is 0 Å². The highest BCUT2D eigenvalue weighted by atomic mass is 19.4. The molecule has 0 saturated carbocycles. The Balaban J connectivity index is 1.56. The van der Waals surface area contributed by atoms with Gasteiger partial charge in [0, 0.05) is 6.54 Å². The molecule has 0 spiro atoms. The van der Waals surface area contributed by atoms with Gasteiger partial charge >= 0.3 is 6.18 Å². The molecule has 1 aliphatic rings. The van der Waals surface area contributed by atoms with E-state index in [9.17, 15) is 13.2 Å². The van der Waals surface area contributed by atoms with Crippen LogP contribution in [-0.2, 0) is 23.9 Å². The third-order valence-electron chi connectivity index (χ3n) is 5.25. The van der Waals surface area contributed by atoms with Gasteiger partial charge in [-0.15, -0.1) is 0 Å². The molecule has 1 unspecified atom stereocenters. The van der Waals surface area contributed by atoms with Gasteiger partial charge in [0.2, 0.25) is 0 Å². The monoisotopic (exact) mass is 397 g/mol. The fraction of sp³-hybridized carbons (Fsp3) is 0.250. The molecule has 5 heteroatoms. The van der Waals surface area contributed by atoms with Crippen LogP contribution in [0.5, 0.6) is 0 Å². The van der Waals surface area contributed by atoms with Crippen molar-refractivity contribution in [2.45, 2.75) is 25.4 Å². The summed E-state index contributed by atoms with van der Waals surface area (Å²) in [5.41, 5.74) is 4.19. The van der Waals surface area contributed by atoms with Gasteiger partial charge in [0.05, 0.1) is 12.2 Å². The van der Waals surface area contributed by atoms with Crippen molar-refractivity contribution < 1.29 is 17.9 Å². The third kappa shape index (κ3) is 4.36. The van der Waals surface area contributed by atoms with Gasteiger partial charge in [-0.2, -0.15) is 13.2 Å². The molecule has 2 nitrogen and oxygen atoms in total. The summed E-state index contributed by atoms with van der Waals surface area (Å²) in [6.07, 6.45) is -3.57. The normalized spacial score (nSPS) is 16.7. The first-order chi connectivity index (χ1) is 13.9. The van der Waals surface area contributed by atoms with Crippen LogP contribution in [0.4, 0.5) is 13.2 Å². The molecule has 150 valence electrons. The standard InChI is InChI=1S/C24H22F3NO/c1-28(23-22-11-3-2-7-18(22)12-13-29-23)16-17-6-4-8-19(14-17)20-9-5-10-21(15-20)24(25,26)27/h2-11,14-15,23H,12-13,16H2,1H3. The zero-order valence-corrected chi connectivity index (χ0v) is 16.1. The van der Waals surface area contributed by atoms with Crippen LogP contribution in [0.2, 0.25) is 0 Å². The Kier molecular flexibility index (Phi) is 5.43. The highest BCUT2D eigenvalue weighted by Gasteiger charge is 2.30. The van der Waals surface area contributed by atoms with E-state index in [-0.39, 0.29) is 6.23 Å². The molecule has 3 aromatic rings. The average molecular weight is 397 g/mol. The van der Waals surface area contributed by atoms with Crippen LogP contribution in [0, 0.1) is 0 Å². The SMILES string of the molecule is CN(Cc1cccc(-c2cccc(C(F)(F)F)c2)c1)C1OCCc2ccccc21. The van der Waals surface area contributed by atoms with Gasteiger partial charge in [-0.25, -0.2) is 0 Å². The highest BCUT2D eigenvalue weighted by Crippen LogP contribution is 2.33. The van der Waals surface area contributed by atoms with Gasteiger partial charge in [-0.05, 0) is 59.5 Å².